The lowest BCUT2D eigenvalue weighted by atomic mass is 10.1. The van der Waals surface area contributed by atoms with Gasteiger partial charge in [0.15, 0.2) is 0 Å². The summed E-state index contributed by atoms with van der Waals surface area (Å²) in [5.74, 6) is 0. The van der Waals surface area contributed by atoms with E-state index in [1.807, 2.05) is 13.3 Å². The van der Waals surface area contributed by atoms with Crippen LogP contribution in [0.3, 0.4) is 0 Å². The van der Waals surface area contributed by atoms with Crippen LogP contribution in [0.5, 0.6) is 0 Å². The summed E-state index contributed by atoms with van der Waals surface area (Å²) < 4.78 is 0. The molecule has 0 N–H and O–H groups in total. The van der Waals surface area contributed by atoms with Crippen LogP contribution < -0.4 is 0 Å². The molecule has 0 amide bonds. The Kier molecular flexibility index (Phi) is 2.22. The van der Waals surface area contributed by atoms with Crippen LogP contribution in [-0.2, 0) is 4.79 Å². The molecule has 0 aromatic rings. The zero-order chi connectivity index (χ0) is 7.56. The molecule has 1 aliphatic heterocycles. The van der Waals surface area contributed by atoms with E-state index in [0.717, 1.165) is 13.0 Å². The van der Waals surface area contributed by atoms with Crippen molar-refractivity contribution in [3.63, 3.8) is 0 Å². The molecule has 2 nitrogen and oxygen atoms in total. The van der Waals surface area contributed by atoms with E-state index in [-0.39, 0.29) is 6.04 Å². The van der Waals surface area contributed by atoms with Gasteiger partial charge in [0, 0.05) is 11.6 Å². The summed E-state index contributed by atoms with van der Waals surface area (Å²) in [5.41, 5.74) is 0.597. The number of likely N-dealkylation sites (tertiary alicyclic amines) is 1. The van der Waals surface area contributed by atoms with Gasteiger partial charge < -0.3 is 0 Å². The smallest absolute Gasteiger partial charge is 0.230 e. The minimum Gasteiger partial charge on any atom is -0.299 e. The predicted octanol–water partition coefficient (Wildman–Crippen LogP) is 0.746. The zero-order valence-electron chi connectivity index (χ0n) is 6.26. The van der Waals surface area contributed by atoms with Gasteiger partial charge in [0.25, 0.3) is 0 Å². The third kappa shape index (κ3) is 1.27. The van der Waals surface area contributed by atoms with Gasteiger partial charge in [-0.25, -0.2) is 0 Å². The van der Waals surface area contributed by atoms with Crippen molar-refractivity contribution in [1.82, 2.24) is 4.90 Å². The van der Waals surface area contributed by atoms with Crippen LogP contribution in [0.15, 0.2) is 12.2 Å². The highest BCUT2D eigenvalue weighted by atomic mass is 16.1. The highest BCUT2D eigenvalue weighted by molar-refractivity contribution is 5.74. The van der Waals surface area contributed by atoms with Gasteiger partial charge in [-0.15, -0.1) is 0 Å². The molecule has 1 saturated heterocycles. The molecular formula is C8H12NO. The Balaban J connectivity index is 2.54. The lowest BCUT2D eigenvalue weighted by molar-refractivity contribution is 0.350. The van der Waals surface area contributed by atoms with Crippen molar-refractivity contribution in [2.45, 2.75) is 18.9 Å². The fraction of sp³-hybridized carbons (Fsp3) is 0.625. The summed E-state index contributed by atoms with van der Waals surface area (Å²) in [6, 6.07) is 0.262. The first-order chi connectivity index (χ1) is 4.75. The van der Waals surface area contributed by atoms with E-state index in [2.05, 4.69) is 11.5 Å². The Bertz CT molecular complexity index is 153. The molecule has 0 aromatic heterocycles. The molecule has 0 aliphatic carbocycles. The van der Waals surface area contributed by atoms with Gasteiger partial charge in [0.05, 0.1) is 0 Å². The summed E-state index contributed by atoms with van der Waals surface area (Å²) in [6.07, 6.45) is 4.08. The number of carbonyl (C=O) groups excluding carboxylic acids is 1. The summed E-state index contributed by atoms with van der Waals surface area (Å²) in [5, 5.41) is 0. The lowest BCUT2D eigenvalue weighted by Crippen LogP contribution is -2.26. The monoisotopic (exact) mass is 138 g/mol. The van der Waals surface area contributed by atoms with Crippen molar-refractivity contribution >= 4 is 6.29 Å². The first kappa shape index (κ1) is 7.48. The van der Waals surface area contributed by atoms with Crippen LogP contribution in [-0.4, -0.2) is 30.8 Å². The maximum Gasteiger partial charge on any atom is 0.230 e. The first-order valence-corrected chi connectivity index (χ1v) is 3.53. The fourth-order valence-electron chi connectivity index (χ4n) is 1.42. The Morgan fingerprint density at radius 1 is 1.80 bits per heavy atom. The first-order valence-electron chi connectivity index (χ1n) is 3.53. The standard InChI is InChI=1S/C8H12NO/c1-7(6-10)8-4-3-5-9(8)2/h8H,1,3-5H2,2H3. The molecule has 1 rings (SSSR count). The van der Waals surface area contributed by atoms with Gasteiger partial charge in [-0.05, 0) is 26.4 Å². The minimum atomic E-state index is 0.262. The summed E-state index contributed by atoms with van der Waals surface area (Å²) >= 11 is 0. The van der Waals surface area contributed by atoms with E-state index < -0.39 is 0 Å². The maximum atomic E-state index is 10.2. The maximum absolute atomic E-state index is 10.2. The number of nitrogens with zero attached hydrogens (tertiary/aromatic N) is 1. The molecule has 55 valence electrons. The highest BCUT2D eigenvalue weighted by Crippen LogP contribution is 2.19. The Morgan fingerprint density at radius 2 is 2.50 bits per heavy atom. The third-order valence-corrected chi connectivity index (χ3v) is 2.05. The zero-order valence-corrected chi connectivity index (χ0v) is 6.26. The van der Waals surface area contributed by atoms with Gasteiger partial charge >= 0.3 is 0 Å². The van der Waals surface area contributed by atoms with Crippen LogP contribution in [0.1, 0.15) is 12.8 Å². The molecule has 1 fully saturated rings. The third-order valence-electron chi connectivity index (χ3n) is 2.05. The Hall–Kier alpha value is -0.630. The largest absolute Gasteiger partial charge is 0.299 e. The van der Waals surface area contributed by atoms with Crippen molar-refractivity contribution in [1.29, 1.82) is 0 Å². The molecule has 1 heterocycles. The SMILES string of the molecule is C=C([C]=O)C1CCCN1C. The van der Waals surface area contributed by atoms with E-state index in [4.69, 9.17) is 0 Å². The molecule has 0 aromatic carbocycles. The van der Waals surface area contributed by atoms with E-state index in [9.17, 15) is 4.79 Å². The van der Waals surface area contributed by atoms with Crippen molar-refractivity contribution in [3.05, 3.63) is 12.2 Å². The van der Waals surface area contributed by atoms with E-state index in [1.165, 1.54) is 6.42 Å². The highest BCUT2D eigenvalue weighted by Gasteiger charge is 2.22. The average molecular weight is 138 g/mol. The van der Waals surface area contributed by atoms with Crippen LogP contribution in [0.25, 0.3) is 0 Å². The predicted molar refractivity (Wildman–Crippen MR) is 40.5 cm³/mol. The molecule has 1 atom stereocenters. The summed E-state index contributed by atoms with van der Waals surface area (Å²) in [7, 11) is 2.01. The molecule has 1 unspecified atom stereocenters. The quantitative estimate of drug-likeness (QED) is 0.525. The van der Waals surface area contributed by atoms with E-state index in [1.54, 1.807) is 0 Å². The van der Waals surface area contributed by atoms with Crippen LogP contribution in [0.2, 0.25) is 0 Å². The summed E-state index contributed by atoms with van der Waals surface area (Å²) in [4.78, 5) is 12.3. The number of hydrogen-bond acceptors (Lipinski definition) is 2. The molecule has 1 aliphatic rings. The normalized spacial score (nSPS) is 26.7. The van der Waals surface area contributed by atoms with E-state index >= 15 is 0 Å². The van der Waals surface area contributed by atoms with Gasteiger partial charge in [-0.2, -0.15) is 0 Å². The number of rotatable bonds is 2. The molecule has 2 heteroatoms. The Labute approximate surface area is 61.5 Å². The second-order valence-corrected chi connectivity index (χ2v) is 2.77. The average Bonchev–Trinajstić information content (AvgIpc) is 2.34. The second kappa shape index (κ2) is 2.97. The van der Waals surface area contributed by atoms with E-state index in [0.29, 0.717) is 5.57 Å². The number of hydrogen-bond donors (Lipinski definition) is 0. The second-order valence-electron chi connectivity index (χ2n) is 2.77. The van der Waals surface area contributed by atoms with Gasteiger partial charge in [0.1, 0.15) is 0 Å². The Morgan fingerprint density at radius 3 is 2.90 bits per heavy atom. The molecule has 0 spiro atoms. The molecule has 0 bridgehead atoms. The van der Waals surface area contributed by atoms with Crippen LogP contribution in [0, 0.1) is 0 Å². The van der Waals surface area contributed by atoms with Gasteiger partial charge in [0.2, 0.25) is 6.29 Å². The van der Waals surface area contributed by atoms with Gasteiger partial charge in [-0.3, -0.25) is 9.69 Å². The lowest BCUT2D eigenvalue weighted by Gasteiger charge is -2.17. The topological polar surface area (TPSA) is 20.3 Å². The van der Waals surface area contributed by atoms with Crippen molar-refractivity contribution in [3.8, 4) is 0 Å². The van der Waals surface area contributed by atoms with Crippen molar-refractivity contribution in [2.75, 3.05) is 13.6 Å². The van der Waals surface area contributed by atoms with Crippen LogP contribution >= 0.6 is 0 Å². The summed E-state index contributed by atoms with van der Waals surface area (Å²) in [6.45, 7) is 4.72. The number of likely N-dealkylation sites (N-methyl/N-ethyl adjacent to an activating group) is 1. The van der Waals surface area contributed by atoms with Crippen molar-refractivity contribution < 1.29 is 4.79 Å². The molecule has 0 saturated carbocycles. The van der Waals surface area contributed by atoms with Crippen LogP contribution in [0.4, 0.5) is 0 Å². The molecular weight excluding hydrogens is 126 g/mol. The molecule has 1 radical (unpaired) electrons. The minimum absolute atomic E-state index is 0.262. The fourth-order valence-corrected chi connectivity index (χ4v) is 1.42. The van der Waals surface area contributed by atoms with Crippen molar-refractivity contribution in [2.24, 2.45) is 0 Å². The molecule has 10 heavy (non-hydrogen) atoms. The van der Waals surface area contributed by atoms with Gasteiger partial charge in [-0.1, -0.05) is 6.58 Å².